The van der Waals surface area contributed by atoms with Gasteiger partial charge in [-0.15, -0.1) is 0 Å². The molecule has 0 aliphatic rings. The first-order valence-electron chi connectivity index (χ1n) is 5.83. The summed E-state index contributed by atoms with van der Waals surface area (Å²) in [7, 11) is 0. The van der Waals surface area contributed by atoms with E-state index in [-0.39, 0.29) is 12.6 Å². The fourth-order valence-corrected chi connectivity index (χ4v) is 1.75. The molecule has 2 atom stereocenters. The Labute approximate surface area is 101 Å². The molecule has 0 heterocycles. The number of carboxylic acids is 1. The zero-order valence-corrected chi connectivity index (χ0v) is 9.97. The zero-order valence-electron chi connectivity index (χ0n) is 9.97. The van der Waals surface area contributed by atoms with E-state index >= 15 is 0 Å². The molecule has 0 spiro atoms. The quantitative estimate of drug-likeness (QED) is 0.673. The fraction of sp³-hybridized carbons (Fsp3) is 0.462. The minimum absolute atomic E-state index is 0.114. The highest BCUT2D eigenvalue weighted by atomic mass is 16.4. The topological polar surface area (TPSA) is 69.6 Å². The summed E-state index contributed by atoms with van der Waals surface area (Å²) in [5, 5.41) is 21.3. The summed E-state index contributed by atoms with van der Waals surface area (Å²) in [6.45, 7) is 1.82. The molecule has 1 rings (SSSR count). The summed E-state index contributed by atoms with van der Waals surface area (Å²) < 4.78 is 0. The van der Waals surface area contributed by atoms with Crippen molar-refractivity contribution in [3.63, 3.8) is 0 Å². The van der Waals surface area contributed by atoms with Gasteiger partial charge in [-0.05, 0) is 12.0 Å². The number of aliphatic hydroxyl groups excluding tert-OH is 1. The van der Waals surface area contributed by atoms with Crippen LogP contribution in [0.1, 0.15) is 31.4 Å². The number of rotatable bonds is 7. The van der Waals surface area contributed by atoms with Gasteiger partial charge in [0.05, 0.1) is 12.6 Å². The summed E-state index contributed by atoms with van der Waals surface area (Å²) >= 11 is 0. The van der Waals surface area contributed by atoms with E-state index in [0.29, 0.717) is 6.42 Å². The molecular weight excluding hydrogens is 218 g/mol. The molecule has 0 aliphatic heterocycles. The number of aliphatic carboxylic acids is 1. The number of benzene rings is 1. The van der Waals surface area contributed by atoms with E-state index in [2.05, 4.69) is 5.32 Å². The lowest BCUT2D eigenvalue weighted by atomic mass is 10.1. The Morgan fingerprint density at radius 3 is 2.47 bits per heavy atom. The van der Waals surface area contributed by atoms with Crippen LogP contribution in [0, 0.1) is 0 Å². The van der Waals surface area contributed by atoms with Gasteiger partial charge in [0, 0.05) is 0 Å². The molecule has 4 heteroatoms. The first-order valence-corrected chi connectivity index (χ1v) is 5.83. The van der Waals surface area contributed by atoms with Crippen molar-refractivity contribution >= 4 is 5.97 Å². The SMILES string of the molecule is CCCC(NC(CO)c1ccccc1)C(=O)O. The van der Waals surface area contributed by atoms with Crippen LogP contribution < -0.4 is 5.32 Å². The van der Waals surface area contributed by atoms with E-state index < -0.39 is 12.0 Å². The minimum atomic E-state index is -0.874. The van der Waals surface area contributed by atoms with E-state index in [1.54, 1.807) is 0 Å². The lowest BCUT2D eigenvalue weighted by molar-refractivity contribution is -0.140. The van der Waals surface area contributed by atoms with Crippen molar-refractivity contribution in [2.24, 2.45) is 0 Å². The molecule has 0 aromatic heterocycles. The molecular formula is C13H19NO3. The number of carboxylic acid groups (broad SMARTS) is 1. The maximum absolute atomic E-state index is 11.0. The molecule has 0 saturated carbocycles. The summed E-state index contributed by atoms with van der Waals surface area (Å²) in [5.41, 5.74) is 0.900. The van der Waals surface area contributed by atoms with Gasteiger partial charge in [0.2, 0.25) is 0 Å². The molecule has 0 amide bonds. The second kappa shape index (κ2) is 7.04. The van der Waals surface area contributed by atoms with Gasteiger partial charge in [-0.2, -0.15) is 0 Å². The largest absolute Gasteiger partial charge is 0.480 e. The third-order valence-electron chi connectivity index (χ3n) is 2.66. The van der Waals surface area contributed by atoms with Crippen molar-refractivity contribution in [3.8, 4) is 0 Å². The summed E-state index contributed by atoms with van der Waals surface area (Å²) in [5.74, 6) is -0.874. The molecule has 17 heavy (non-hydrogen) atoms. The fourth-order valence-electron chi connectivity index (χ4n) is 1.75. The Balaban J connectivity index is 2.71. The van der Waals surface area contributed by atoms with Crippen molar-refractivity contribution in [2.45, 2.75) is 31.8 Å². The van der Waals surface area contributed by atoms with Crippen molar-refractivity contribution in [1.82, 2.24) is 5.32 Å². The molecule has 2 unspecified atom stereocenters. The Bertz CT molecular complexity index is 340. The molecule has 0 saturated heterocycles. The highest BCUT2D eigenvalue weighted by Gasteiger charge is 2.20. The average Bonchev–Trinajstić information content (AvgIpc) is 2.35. The molecule has 0 radical (unpaired) electrons. The summed E-state index contributed by atoms with van der Waals surface area (Å²) in [4.78, 5) is 11.0. The van der Waals surface area contributed by atoms with Crippen LogP contribution in [-0.4, -0.2) is 28.8 Å². The minimum Gasteiger partial charge on any atom is -0.480 e. The Kier molecular flexibility index (Phi) is 5.66. The lowest BCUT2D eigenvalue weighted by Gasteiger charge is -2.21. The van der Waals surface area contributed by atoms with Gasteiger partial charge >= 0.3 is 5.97 Å². The Hall–Kier alpha value is -1.39. The van der Waals surface area contributed by atoms with E-state index in [4.69, 9.17) is 5.11 Å². The van der Waals surface area contributed by atoms with E-state index in [0.717, 1.165) is 12.0 Å². The predicted molar refractivity (Wildman–Crippen MR) is 65.7 cm³/mol. The third kappa shape index (κ3) is 4.17. The van der Waals surface area contributed by atoms with Crippen LogP contribution in [0.3, 0.4) is 0 Å². The molecule has 0 aliphatic carbocycles. The number of nitrogens with one attached hydrogen (secondary N) is 1. The summed E-state index contributed by atoms with van der Waals surface area (Å²) in [6, 6.07) is 8.43. The molecule has 94 valence electrons. The van der Waals surface area contributed by atoms with Gasteiger partial charge < -0.3 is 10.2 Å². The number of carbonyl (C=O) groups is 1. The van der Waals surface area contributed by atoms with E-state index in [1.807, 2.05) is 37.3 Å². The first-order chi connectivity index (χ1) is 8.19. The Morgan fingerprint density at radius 1 is 1.35 bits per heavy atom. The average molecular weight is 237 g/mol. The monoisotopic (exact) mass is 237 g/mol. The van der Waals surface area contributed by atoms with Crippen LogP contribution in [0.5, 0.6) is 0 Å². The smallest absolute Gasteiger partial charge is 0.320 e. The standard InChI is InChI=1S/C13H19NO3/c1-2-6-11(13(16)17)14-12(9-15)10-7-4-3-5-8-10/h3-5,7-8,11-12,14-15H,2,6,9H2,1H3,(H,16,17). The summed E-state index contributed by atoms with van der Waals surface area (Å²) in [6.07, 6.45) is 1.34. The molecule has 1 aromatic carbocycles. The van der Waals surface area contributed by atoms with E-state index in [1.165, 1.54) is 0 Å². The first kappa shape index (κ1) is 13.7. The molecule has 4 nitrogen and oxygen atoms in total. The molecule has 1 aromatic rings. The highest BCUT2D eigenvalue weighted by Crippen LogP contribution is 2.13. The van der Waals surface area contributed by atoms with Crippen molar-refractivity contribution in [2.75, 3.05) is 6.61 Å². The maximum atomic E-state index is 11.0. The zero-order chi connectivity index (χ0) is 12.7. The van der Waals surface area contributed by atoms with Crippen LogP contribution in [0.4, 0.5) is 0 Å². The van der Waals surface area contributed by atoms with E-state index in [9.17, 15) is 9.90 Å². The van der Waals surface area contributed by atoms with Crippen molar-refractivity contribution in [3.05, 3.63) is 35.9 Å². The number of aliphatic hydroxyl groups is 1. The second-order valence-electron chi connectivity index (χ2n) is 3.99. The van der Waals surface area contributed by atoms with Crippen molar-refractivity contribution < 1.29 is 15.0 Å². The van der Waals surface area contributed by atoms with Crippen LogP contribution in [0.15, 0.2) is 30.3 Å². The van der Waals surface area contributed by atoms with Crippen LogP contribution >= 0.6 is 0 Å². The third-order valence-corrected chi connectivity index (χ3v) is 2.66. The van der Waals surface area contributed by atoms with Crippen LogP contribution in [0.25, 0.3) is 0 Å². The second-order valence-corrected chi connectivity index (χ2v) is 3.99. The predicted octanol–water partition coefficient (Wildman–Crippen LogP) is 1.56. The van der Waals surface area contributed by atoms with Gasteiger partial charge in [0.1, 0.15) is 6.04 Å². The van der Waals surface area contributed by atoms with Gasteiger partial charge in [-0.3, -0.25) is 10.1 Å². The lowest BCUT2D eigenvalue weighted by Crippen LogP contribution is -2.40. The van der Waals surface area contributed by atoms with Crippen LogP contribution in [0.2, 0.25) is 0 Å². The molecule has 0 bridgehead atoms. The van der Waals surface area contributed by atoms with Gasteiger partial charge in [-0.25, -0.2) is 0 Å². The molecule has 3 N–H and O–H groups in total. The normalized spacial score (nSPS) is 14.2. The number of hydrogen-bond acceptors (Lipinski definition) is 3. The van der Waals surface area contributed by atoms with Crippen LogP contribution in [-0.2, 0) is 4.79 Å². The van der Waals surface area contributed by atoms with Crippen molar-refractivity contribution in [1.29, 1.82) is 0 Å². The van der Waals surface area contributed by atoms with Gasteiger partial charge in [-0.1, -0.05) is 43.7 Å². The molecule has 0 fully saturated rings. The number of hydrogen-bond donors (Lipinski definition) is 3. The van der Waals surface area contributed by atoms with Gasteiger partial charge in [0.25, 0.3) is 0 Å². The van der Waals surface area contributed by atoms with Gasteiger partial charge in [0.15, 0.2) is 0 Å². The highest BCUT2D eigenvalue weighted by molar-refractivity contribution is 5.73. The maximum Gasteiger partial charge on any atom is 0.320 e. The Morgan fingerprint density at radius 2 is 2.00 bits per heavy atom.